The summed E-state index contributed by atoms with van der Waals surface area (Å²) >= 11 is 12.2. The average Bonchev–Trinajstić information content (AvgIpc) is 2.90. The van der Waals surface area contributed by atoms with Crippen LogP contribution in [0.3, 0.4) is 0 Å². The van der Waals surface area contributed by atoms with Gasteiger partial charge in [-0.1, -0.05) is 35.0 Å². The number of benzene rings is 3. The molecule has 44 heavy (non-hydrogen) atoms. The van der Waals surface area contributed by atoms with E-state index in [4.69, 9.17) is 33.0 Å². The van der Waals surface area contributed by atoms with Crippen LogP contribution in [-0.4, -0.2) is 40.8 Å². The molecule has 3 aromatic carbocycles. The second-order valence-corrected chi connectivity index (χ2v) is 10.6. The first-order valence-electron chi connectivity index (χ1n) is 12.4. The lowest BCUT2D eigenvalue weighted by Crippen LogP contribution is -2.42. The highest BCUT2D eigenvalue weighted by atomic mass is 35.5. The zero-order chi connectivity index (χ0) is 32.8. The van der Waals surface area contributed by atoms with Gasteiger partial charge in [-0.2, -0.15) is 13.2 Å². The number of halogens is 6. The van der Waals surface area contributed by atoms with Crippen molar-refractivity contribution in [3.63, 3.8) is 0 Å². The number of anilines is 1. The summed E-state index contributed by atoms with van der Waals surface area (Å²) < 4.78 is 58.8. The molecule has 0 aliphatic carbocycles. The van der Waals surface area contributed by atoms with Crippen molar-refractivity contribution >= 4 is 52.5 Å². The number of carboxylic acids is 1. The lowest BCUT2D eigenvalue weighted by Gasteiger charge is -2.19. The Balaban J connectivity index is 1.71. The summed E-state index contributed by atoms with van der Waals surface area (Å²) in [7, 11) is 0. The molecule has 2 amide bonds. The molecule has 0 aliphatic rings. The van der Waals surface area contributed by atoms with E-state index in [1.807, 2.05) is 0 Å². The zero-order valence-corrected chi connectivity index (χ0v) is 24.4. The van der Waals surface area contributed by atoms with Crippen molar-refractivity contribution in [3.05, 3.63) is 92.7 Å². The molecule has 0 radical (unpaired) electrons. The fraction of sp³-hybridized carbons (Fsp3) is 0.200. The number of aliphatic carboxylic acids is 1. The van der Waals surface area contributed by atoms with E-state index in [9.17, 15) is 36.7 Å². The molecular formula is C30H22Cl2F4N2O6. The normalized spacial score (nSPS) is 11.2. The lowest BCUT2D eigenvalue weighted by atomic mass is 10.00. The third-order valence-corrected chi connectivity index (χ3v) is 6.11. The van der Waals surface area contributed by atoms with Crippen LogP contribution in [0.4, 0.5) is 23.2 Å². The van der Waals surface area contributed by atoms with Crippen molar-refractivity contribution < 1.29 is 46.6 Å². The first-order chi connectivity index (χ1) is 20.4. The molecule has 3 aromatic rings. The minimum Gasteiger partial charge on any atom is -0.483 e. The van der Waals surface area contributed by atoms with Crippen LogP contribution in [-0.2, 0) is 20.6 Å². The number of nitrogens with one attached hydrogen (secondary N) is 2. The van der Waals surface area contributed by atoms with E-state index in [1.54, 1.807) is 13.8 Å². The molecule has 0 spiro atoms. The van der Waals surface area contributed by atoms with Crippen LogP contribution in [0.5, 0.6) is 5.75 Å². The third-order valence-electron chi connectivity index (χ3n) is 5.56. The largest absolute Gasteiger partial charge is 0.483 e. The summed E-state index contributed by atoms with van der Waals surface area (Å²) in [5.74, 6) is 0.402. The number of alkyl halides is 3. The van der Waals surface area contributed by atoms with Crippen molar-refractivity contribution in [1.82, 2.24) is 5.32 Å². The van der Waals surface area contributed by atoms with E-state index in [1.165, 1.54) is 30.3 Å². The van der Waals surface area contributed by atoms with Gasteiger partial charge in [-0.3, -0.25) is 19.2 Å². The summed E-state index contributed by atoms with van der Waals surface area (Å²) in [5, 5.41) is 13.8. The van der Waals surface area contributed by atoms with E-state index in [0.29, 0.717) is 17.7 Å². The first-order valence-corrected chi connectivity index (χ1v) is 13.2. The van der Waals surface area contributed by atoms with Gasteiger partial charge < -0.3 is 20.5 Å². The Labute approximate surface area is 258 Å². The summed E-state index contributed by atoms with van der Waals surface area (Å²) in [6, 6.07) is 9.47. The van der Waals surface area contributed by atoms with Crippen molar-refractivity contribution in [2.24, 2.45) is 0 Å². The standard InChI is InChI=1S/C30H22Cl2F4N2O6/c1-29(2,38-25(39)14-27(41)42)8-7-16-3-5-23(22(32)9-16)37-26(40)15-44-24-6-4-19(31)13-21(24)28(43)17-10-18(30(34,35)36)12-20(33)11-17/h3-6,9-13H,14-15H2,1-2H3,(H,37,40)(H,38,39)(H,41,42). The van der Waals surface area contributed by atoms with Gasteiger partial charge in [0.05, 0.1) is 27.4 Å². The Morgan fingerprint density at radius 3 is 2.30 bits per heavy atom. The average molecular weight is 653 g/mol. The van der Waals surface area contributed by atoms with Crippen molar-refractivity contribution in [2.75, 3.05) is 11.9 Å². The Hall–Kier alpha value is -4.60. The predicted octanol–water partition coefficient (Wildman–Crippen LogP) is 6.12. The van der Waals surface area contributed by atoms with Crippen LogP contribution in [0, 0.1) is 17.7 Å². The Morgan fingerprint density at radius 2 is 1.66 bits per heavy atom. The van der Waals surface area contributed by atoms with E-state index >= 15 is 0 Å². The van der Waals surface area contributed by atoms with Gasteiger partial charge in [-0.15, -0.1) is 0 Å². The number of hydrogen-bond acceptors (Lipinski definition) is 5. The van der Waals surface area contributed by atoms with E-state index in [0.717, 1.165) is 6.07 Å². The topological polar surface area (TPSA) is 122 Å². The molecule has 0 saturated carbocycles. The van der Waals surface area contributed by atoms with E-state index < -0.39 is 65.3 Å². The van der Waals surface area contributed by atoms with Crippen LogP contribution < -0.4 is 15.4 Å². The van der Waals surface area contributed by atoms with Gasteiger partial charge in [0.15, 0.2) is 12.4 Å². The highest BCUT2D eigenvalue weighted by molar-refractivity contribution is 6.33. The summed E-state index contributed by atoms with van der Waals surface area (Å²) in [4.78, 5) is 48.0. The molecule has 8 nitrogen and oxygen atoms in total. The van der Waals surface area contributed by atoms with E-state index in [-0.39, 0.29) is 33.1 Å². The van der Waals surface area contributed by atoms with Gasteiger partial charge in [-0.05, 0) is 68.4 Å². The number of carbonyl (C=O) groups is 4. The second kappa shape index (κ2) is 13.8. The van der Waals surface area contributed by atoms with Gasteiger partial charge in [-0.25, -0.2) is 4.39 Å². The van der Waals surface area contributed by atoms with Crippen LogP contribution in [0.15, 0.2) is 54.6 Å². The van der Waals surface area contributed by atoms with Gasteiger partial charge in [0.2, 0.25) is 5.91 Å². The van der Waals surface area contributed by atoms with Crippen molar-refractivity contribution in [1.29, 1.82) is 0 Å². The molecule has 0 fully saturated rings. The van der Waals surface area contributed by atoms with Gasteiger partial charge in [0.1, 0.15) is 18.0 Å². The molecule has 14 heteroatoms. The highest BCUT2D eigenvalue weighted by Gasteiger charge is 2.32. The second-order valence-electron chi connectivity index (χ2n) is 9.72. The smallest absolute Gasteiger partial charge is 0.416 e. The van der Waals surface area contributed by atoms with Gasteiger partial charge >= 0.3 is 12.1 Å². The minimum absolute atomic E-state index is 0.0404. The summed E-state index contributed by atoms with van der Waals surface area (Å²) in [6.07, 6.45) is -5.60. The SMILES string of the molecule is CC(C)(C#Cc1ccc(NC(=O)COc2ccc(Cl)cc2C(=O)c2cc(F)cc(C(F)(F)F)c2)c(Cl)c1)NC(=O)CC(=O)O. The molecule has 0 unspecified atom stereocenters. The lowest BCUT2D eigenvalue weighted by molar-refractivity contribution is -0.141. The fourth-order valence-corrected chi connectivity index (χ4v) is 4.06. The minimum atomic E-state index is -4.90. The number of rotatable bonds is 9. The zero-order valence-electron chi connectivity index (χ0n) is 22.9. The maximum Gasteiger partial charge on any atom is 0.416 e. The number of ether oxygens (including phenoxy) is 1. The molecule has 0 heterocycles. The number of carbonyl (C=O) groups excluding carboxylic acids is 3. The van der Waals surface area contributed by atoms with Crippen molar-refractivity contribution in [3.8, 4) is 17.6 Å². The highest BCUT2D eigenvalue weighted by Crippen LogP contribution is 2.32. The third kappa shape index (κ3) is 9.72. The van der Waals surface area contributed by atoms with Gasteiger partial charge in [0, 0.05) is 16.1 Å². The number of carboxylic acid groups (broad SMARTS) is 1. The Bertz CT molecular complexity index is 1700. The molecule has 0 atom stereocenters. The molecule has 3 N–H and O–H groups in total. The summed E-state index contributed by atoms with van der Waals surface area (Å²) in [5.41, 5.74) is -2.72. The molecule has 0 aromatic heterocycles. The van der Waals surface area contributed by atoms with Crippen molar-refractivity contribution in [2.45, 2.75) is 32.0 Å². The number of amides is 2. The van der Waals surface area contributed by atoms with Crippen LogP contribution >= 0.6 is 23.2 Å². The molecule has 0 aliphatic heterocycles. The number of ketones is 1. The Morgan fingerprint density at radius 1 is 0.955 bits per heavy atom. The van der Waals surface area contributed by atoms with Gasteiger partial charge in [0.25, 0.3) is 5.91 Å². The molecule has 3 rings (SSSR count). The number of hydrogen-bond donors (Lipinski definition) is 3. The quantitative estimate of drug-likeness (QED) is 0.111. The summed E-state index contributed by atoms with van der Waals surface area (Å²) in [6.45, 7) is 2.50. The maximum absolute atomic E-state index is 13.9. The molecule has 0 bridgehead atoms. The molecular weight excluding hydrogens is 631 g/mol. The fourth-order valence-electron chi connectivity index (χ4n) is 3.66. The van der Waals surface area contributed by atoms with Crippen LogP contribution in [0.1, 0.15) is 47.3 Å². The Kier molecular flexibility index (Phi) is 10.6. The first kappa shape index (κ1) is 33.9. The van der Waals surface area contributed by atoms with Crippen LogP contribution in [0.2, 0.25) is 10.0 Å². The molecule has 0 saturated heterocycles. The predicted molar refractivity (Wildman–Crippen MR) is 153 cm³/mol. The monoisotopic (exact) mass is 652 g/mol. The van der Waals surface area contributed by atoms with E-state index in [2.05, 4.69) is 22.5 Å². The van der Waals surface area contributed by atoms with Crippen LogP contribution in [0.25, 0.3) is 0 Å². The maximum atomic E-state index is 13.9. The molecule has 230 valence electrons.